The van der Waals surface area contributed by atoms with Crippen LogP contribution >= 0.6 is 0 Å². The molecule has 2 unspecified atom stereocenters. The summed E-state index contributed by atoms with van der Waals surface area (Å²) in [5, 5.41) is 7.28. The highest BCUT2D eigenvalue weighted by Gasteiger charge is 2.27. The summed E-state index contributed by atoms with van der Waals surface area (Å²) in [6, 6.07) is 0. The average Bonchev–Trinajstić information content (AvgIpc) is 3.09. The van der Waals surface area contributed by atoms with E-state index in [1.165, 1.54) is 0 Å². The van der Waals surface area contributed by atoms with Crippen molar-refractivity contribution in [3.8, 4) is 0 Å². The van der Waals surface area contributed by atoms with E-state index in [1.807, 2.05) is 11.6 Å². The predicted octanol–water partition coefficient (Wildman–Crippen LogP) is 1.09. The molecule has 21 heavy (non-hydrogen) atoms. The molecule has 0 spiro atoms. The third kappa shape index (κ3) is 3.83. The van der Waals surface area contributed by atoms with Crippen molar-refractivity contribution < 1.29 is 9.53 Å². The Morgan fingerprint density at radius 2 is 2.43 bits per heavy atom. The topological polar surface area (TPSA) is 82.2 Å². The average molecular weight is 294 g/mol. The maximum absolute atomic E-state index is 12.3. The van der Waals surface area contributed by atoms with Crippen LogP contribution in [0, 0.1) is 12.8 Å². The lowest BCUT2D eigenvalue weighted by molar-refractivity contribution is 0.0826. The number of aryl methyl sites for hydroxylation is 1. The van der Waals surface area contributed by atoms with E-state index in [0.717, 1.165) is 38.1 Å². The van der Waals surface area contributed by atoms with Crippen LogP contribution < -0.4 is 11.1 Å². The SMILES string of the molecule is CCC1OCCC1CNC(=O)c1cnn(CCCN)c1C. The lowest BCUT2D eigenvalue weighted by atomic mass is 9.99. The molecule has 6 nitrogen and oxygen atoms in total. The van der Waals surface area contributed by atoms with Crippen molar-refractivity contribution in [2.24, 2.45) is 11.7 Å². The standard InChI is InChI=1S/C15H26N4O2/c1-3-14-12(5-8-21-14)9-17-15(20)13-10-18-19(11(13)2)7-4-6-16/h10,12,14H,3-9,16H2,1-2H3,(H,17,20). The number of amides is 1. The van der Waals surface area contributed by atoms with Gasteiger partial charge in [0.25, 0.3) is 5.91 Å². The van der Waals surface area contributed by atoms with Gasteiger partial charge >= 0.3 is 0 Å². The molecule has 1 fully saturated rings. The Bertz CT molecular complexity index is 472. The van der Waals surface area contributed by atoms with Crippen LogP contribution in [0.15, 0.2) is 6.20 Å². The highest BCUT2D eigenvalue weighted by molar-refractivity contribution is 5.95. The van der Waals surface area contributed by atoms with Crippen LogP contribution in [0.1, 0.15) is 42.2 Å². The fraction of sp³-hybridized carbons (Fsp3) is 0.733. The molecule has 118 valence electrons. The van der Waals surface area contributed by atoms with E-state index in [4.69, 9.17) is 10.5 Å². The molecule has 1 aromatic rings. The first-order valence-electron chi connectivity index (χ1n) is 7.79. The third-order valence-electron chi connectivity index (χ3n) is 4.20. The molecule has 1 amide bonds. The molecule has 2 atom stereocenters. The molecule has 2 heterocycles. The van der Waals surface area contributed by atoms with E-state index in [2.05, 4.69) is 17.3 Å². The number of rotatable bonds is 7. The Balaban J connectivity index is 1.90. The van der Waals surface area contributed by atoms with Crippen LogP contribution in [0.5, 0.6) is 0 Å². The van der Waals surface area contributed by atoms with Gasteiger partial charge in [0.2, 0.25) is 0 Å². The van der Waals surface area contributed by atoms with Crippen molar-refractivity contribution in [3.05, 3.63) is 17.5 Å². The molecule has 2 rings (SSSR count). The van der Waals surface area contributed by atoms with E-state index >= 15 is 0 Å². The zero-order valence-corrected chi connectivity index (χ0v) is 13.0. The summed E-state index contributed by atoms with van der Waals surface area (Å²) in [6.07, 6.45) is 4.80. The Labute approximate surface area is 126 Å². The summed E-state index contributed by atoms with van der Waals surface area (Å²) in [5.41, 5.74) is 7.06. The summed E-state index contributed by atoms with van der Waals surface area (Å²) in [7, 11) is 0. The molecule has 6 heteroatoms. The molecule has 1 aliphatic rings. The zero-order chi connectivity index (χ0) is 15.2. The third-order valence-corrected chi connectivity index (χ3v) is 4.20. The Kier molecular flexibility index (Phi) is 5.76. The second-order valence-electron chi connectivity index (χ2n) is 5.59. The van der Waals surface area contributed by atoms with Crippen LogP contribution in [-0.4, -0.2) is 41.5 Å². The number of nitrogens with one attached hydrogen (secondary N) is 1. The summed E-state index contributed by atoms with van der Waals surface area (Å²) >= 11 is 0. The van der Waals surface area contributed by atoms with Gasteiger partial charge in [0.05, 0.1) is 17.9 Å². The molecule has 0 bridgehead atoms. The molecule has 0 aromatic carbocycles. The molecule has 0 saturated carbocycles. The fourth-order valence-electron chi connectivity index (χ4n) is 2.83. The van der Waals surface area contributed by atoms with Crippen LogP contribution in [0.25, 0.3) is 0 Å². The summed E-state index contributed by atoms with van der Waals surface area (Å²) in [4.78, 5) is 12.3. The first-order chi connectivity index (χ1) is 10.2. The van der Waals surface area contributed by atoms with Gasteiger partial charge in [-0.15, -0.1) is 0 Å². The van der Waals surface area contributed by atoms with Gasteiger partial charge in [0.1, 0.15) is 0 Å². The van der Waals surface area contributed by atoms with Crippen LogP contribution in [0.4, 0.5) is 0 Å². The number of nitrogens with zero attached hydrogens (tertiary/aromatic N) is 2. The summed E-state index contributed by atoms with van der Waals surface area (Å²) in [6.45, 7) is 6.90. The zero-order valence-electron chi connectivity index (χ0n) is 13.0. The second kappa shape index (κ2) is 7.56. The van der Waals surface area contributed by atoms with Crippen molar-refractivity contribution in [3.63, 3.8) is 0 Å². The highest BCUT2D eigenvalue weighted by Crippen LogP contribution is 2.22. The number of hydrogen-bond donors (Lipinski definition) is 2. The lowest BCUT2D eigenvalue weighted by Crippen LogP contribution is -2.33. The van der Waals surface area contributed by atoms with Gasteiger partial charge in [0.15, 0.2) is 0 Å². The minimum Gasteiger partial charge on any atom is -0.378 e. The van der Waals surface area contributed by atoms with E-state index < -0.39 is 0 Å². The maximum atomic E-state index is 12.3. The van der Waals surface area contributed by atoms with E-state index in [0.29, 0.717) is 24.6 Å². The number of carbonyl (C=O) groups excluding carboxylic acids is 1. The molecular weight excluding hydrogens is 268 g/mol. The first-order valence-corrected chi connectivity index (χ1v) is 7.79. The Morgan fingerprint density at radius 1 is 1.62 bits per heavy atom. The van der Waals surface area contributed by atoms with E-state index in [1.54, 1.807) is 6.20 Å². The summed E-state index contributed by atoms with van der Waals surface area (Å²) in [5.74, 6) is 0.375. The molecule has 3 N–H and O–H groups in total. The first kappa shape index (κ1) is 16.0. The fourth-order valence-corrected chi connectivity index (χ4v) is 2.83. The van der Waals surface area contributed by atoms with E-state index in [9.17, 15) is 4.79 Å². The normalized spacial score (nSPS) is 21.7. The second-order valence-corrected chi connectivity index (χ2v) is 5.59. The minimum atomic E-state index is -0.0479. The molecular formula is C15H26N4O2. The molecule has 1 aromatic heterocycles. The van der Waals surface area contributed by atoms with Crippen LogP contribution in [0.2, 0.25) is 0 Å². The largest absolute Gasteiger partial charge is 0.378 e. The van der Waals surface area contributed by atoms with Gasteiger partial charge in [-0.05, 0) is 32.7 Å². The van der Waals surface area contributed by atoms with Gasteiger partial charge in [-0.25, -0.2) is 0 Å². The van der Waals surface area contributed by atoms with Gasteiger partial charge in [0, 0.05) is 31.3 Å². The molecule has 0 radical (unpaired) electrons. The predicted molar refractivity (Wildman–Crippen MR) is 81.1 cm³/mol. The summed E-state index contributed by atoms with van der Waals surface area (Å²) < 4.78 is 7.49. The Hall–Kier alpha value is -1.40. The monoisotopic (exact) mass is 294 g/mol. The smallest absolute Gasteiger partial charge is 0.254 e. The van der Waals surface area contributed by atoms with Crippen molar-refractivity contribution >= 4 is 5.91 Å². The van der Waals surface area contributed by atoms with Crippen molar-refractivity contribution in [2.45, 2.75) is 45.8 Å². The van der Waals surface area contributed by atoms with Gasteiger partial charge in [-0.3, -0.25) is 9.48 Å². The van der Waals surface area contributed by atoms with Crippen LogP contribution in [-0.2, 0) is 11.3 Å². The van der Waals surface area contributed by atoms with Crippen molar-refractivity contribution in [2.75, 3.05) is 19.7 Å². The van der Waals surface area contributed by atoms with Gasteiger partial charge in [-0.1, -0.05) is 6.92 Å². The number of ether oxygens (including phenoxy) is 1. The van der Waals surface area contributed by atoms with Crippen molar-refractivity contribution in [1.29, 1.82) is 0 Å². The quantitative estimate of drug-likeness (QED) is 0.788. The number of aromatic nitrogens is 2. The van der Waals surface area contributed by atoms with E-state index in [-0.39, 0.29) is 12.0 Å². The minimum absolute atomic E-state index is 0.0479. The van der Waals surface area contributed by atoms with Gasteiger partial charge < -0.3 is 15.8 Å². The highest BCUT2D eigenvalue weighted by atomic mass is 16.5. The van der Waals surface area contributed by atoms with Crippen LogP contribution in [0.3, 0.4) is 0 Å². The molecule has 1 aliphatic heterocycles. The van der Waals surface area contributed by atoms with Crippen molar-refractivity contribution in [1.82, 2.24) is 15.1 Å². The number of nitrogens with two attached hydrogens (primary N) is 1. The molecule has 0 aliphatic carbocycles. The number of hydrogen-bond acceptors (Lipinski definition) is 4. The Morgan fingerprint density at radius 3 is 3.14 bits per heavy atom. The lowest BCUT2D eigenvalue weighted by Gasteiger charge is -2.17. The maximum Gasteiger partial charge on any atom is 0.254 e. The van der Waals surface area contributed by atoms with Gasteiger partial charge in [-0.2, -0.15) is 5.10 Å². The molecule has 1 saturated heterocycles. The number of carbonyl (C=O) groups is 1.